The predicted octanol–water partition coefficient (Wildman–Crippen LogP) is -0.634. The van der Waals surface area contributed by atoms with E-state index >= 15 is 0 Å². The summed E-state index contributed by atoms with van der Waals surface area (Å²) in [6.45, 7) is 0. The SMILES string of the molecule is Cn1nnc(Br)c1CS(N)(=O)=O. The molecule has 0 fully saturated rings. The number of nitrogens with zero attached hydrogens (tertiary/aromatic N) is 3. The van der Waals surface area contributed by atoms with Gasteiger partial charge in [-0.1, -0.05) is 5.21 Å². The van der Waals surface area contributed by atoms with E-state index in [1.54, 1.807) is 7.05 Å². The van der Waals surface area contributed by atoms with E-state index in [9.17, 15) is 8.42 Å². The lowest BCUT2D eigenvalue weighted by Crippen LogP contribution is -2.16. The topological polar surface area (TPSA) is 90.9 Å². The molecule has 6 nitrogen and oxygen atoms in total. The number of hydrogen-bond donors (Lipinski definition) is 1. The van der Waals surface area contributed by atoms with Crippen molar-refractivity contribution in [3.8, 4) is 0 Å². The highest BCUT2D eigenvalue weighted by Gasteiger charge is 2.13. The third-order valence-electron chi connectivity index (χ3n) is 1.23. The fraction of sp³-hybridized carbons (Fsp3) is 0.500. The summed E-state index contributed by atoms with van der Waals surface area (Å²) >= 11 is 3.06. The van der Waals surface area contributed by atoms with E-state index in [4.69, 9.17) is 5.14 Å². The van der Waals surface area contributed by atoms with Gasteiger partial charge in [0.25, 0.3) is 0 Å². The quantitative estimate of drug-likeness (QED) is 0.761. The van der Waals surface area contributed by atoms with Crippen LogP contribution < -0.4 is 5.14 Å². The van der Waals surface area contributed by atoms with Crippen LogP contribution >= 0.6 is 15.9 Å². The van der Waals surface area contributed by atoms with Crippen molar-refractivity contribution >= 4 is 26.0 Å². The molecular formula is C4H7BrN4O2S. The first kappa shape index (κ1) is 9.62. The summed E-state index contributed by atoms with van der Waals surface area (Å²) in [7, 11) is -1.93. The van der Waals surface area contributed by atoms with Gasteiger partial charge in [0.05, 0.1) is 5.69 Å². The Labute approximate surface area is 77.9 Å². The van der Waals surface area contributed by atoms with Crippen LogP contribution in [0.25, 0.3) is 0 Å². The van der Waals surface area contributed by atoms with E-state index in [-0.39, 0.29) is 5.75 Å². The van der Waals surface area contributed by atoms with Gasteiger partial charge in [-0.3, -0.25) is 4.68 Å². The lowest BCUT2D eigenvalue weighted by Gasteiger charge is -1.97. The molecule has 12 heavy (non-hydrogen) atoms. The third-order valence-corrected chi connectivity index (χ3v) is 2.53. The molecule has 1 aromatic rings. The van der Waals surface area contributed by atoms with Crippen LogP contribution in [0.5, 0.6) is 0 Å². The monoisotopic (exact) mass is 254 g/mol. The maximum Gasteiger partial charge on any atom is 0.214 e. The van der Waals surface area contributed by atoms with E-state index < -0.39 is 10.0 Å². The van der Waals surface area contributed by atoms with Crippen molar-refractivity contribution in [3.63, 3.8) is 0 Å². The van der Waals surface area contributed by atoms with Crippen molar-refractivity contribution in [2.45, 2.75) is 5.75 Å². The molecule has 0 spiro atoms. The summed E-state index contributed by atoms with van der Waals surface area (Å²) in [6, 6.07) is 0. The number of aromatic nitrogens is 3. The Morgan fingerprint density at radius 1 is 1.67 bits per heavy atom. The summed E-state index contributed by atoms with van der Waals surface area (Å²) in [5.41, 5.74) is 0.442. The van der Waals surface area contributed by atoms with Crippen molar-refractivity contribution in [1.82, 2.24) is 15.0 Å². The Balaban J connectivity index is 3.04. The zero-order valence-corrected chi connectivity index (χ0v) is 8.63. The minimum atomic E-state index is -3.52. The Kier molecular flexibility index (Phi) is 2.49. The maximum atomic E-state index is 10.7. The van der Waals surface area contributed by atoms with Gasteiger partial charge in [0.15, 0.2) is 4.60 Å². The Bertz CT molecular complexity index is 364. The van der Waals surface area contributed by atoms with Gasteiger partial charge in [0.1, 0.15) is 5.75 Å². The average Bonchev–Trinajstić information content (AvgIpc) is 2.16. The number of nitrogens with two attached hydrogens (primary N) is 1. The van der Waals surface area contributed by atoms with Crippen LogP contribution in [0, 0.1) is 0 Å². The van der Waals surface area contributed by atoms with E-state index in [2.05, 4.69) is 26.2 Å². The fourth-order valence-electron chi connectivity index (χ4n) is 0.695. The standard InChI is InChI=1S/C4H7BrN4O2S/c1-9-3(2-12(6,10)11)4(5)7-8-9/h2H2,1H3,(H2,6,10,11). The minimum Gasteiger partial charge on any atom is -0.250 e. The van der Waals surface area contributed by atoms with Crippen LogP contribution in [0.15, 0.2) is 4.60 Å². The van der Waals surface area contributed by atoms with Gasteiger partial charge in [-0.25, -0.2) is 13.6 Å². The van der Waals surface area contributed by atoms with Crippen molar-refractivity contribution in [2.75, 3.05) is 0 Å². The molecule has 1 heterocycles. The summed E-state index contributed by atoms with van der Waals surface area (Å²) < 4.78 is 23.1. The first-order valence-electron chi connectivity index (χ1n) is 2.94. The number of hydrogen-bond acceptors (Lipinski definition) is 4. The van der Waals surface area contributed by atoms with Crippen LogP contribution in [0.3, 0.4) is 0 Å². The fourth-order valence-corrected chi connectivity index (χ4v) is 2.05. The molecule has 0 radical (unpaired) electrons. The maximum absolute atomic E-state index is 10.7. The minimum absolute atomic E-state index is 0.267. The average molecular weight is 255 g/mol. The molecule has 0 atom stereocenters. The molecule has 0 bridgehead atoms. The molecule has 0 aliphatic rings. The van der Waals surface area contributed by atoms with E-state index in [0.29, 0.717) is 10.3 Å². The lowest BCUT2D eigenvalue weighted by molar-refractivity contribution is 0.593. The number of aryl methyl sites for hydroxylation is 1. The second-order valence-corrected chi connectivity index (χ2v) is 4.62. The number of halogens is 1. The lowest BCUT2D eigenvalue weighted by atomic mass is 10.5. The van der Waals surface area contributed by atoms with Gasteiger partial charge in [0.2, 0.25) is 10.0 Å². The zero-order valence-electron chi connectivity index (χ0n) is 6.23. The first-order chi connectivity index (χ1) is 5.40. The number of sulfonamides is 1. The predicted molar refractivity (Wildman–Crippen MR) is 45.5 cm³/mol. The molecule has 8 heteroatoms. The second-order valence-electron chi connectivity index (χ2n) is 2.26. The van der Waals surface area contributed by atoms with Gasteiger partial charge in [-0.2, -0.15) is 0 Å². The van der Waals surface area contributed by atoms with Gasteiger partial charge >= 0.3 is 0 Å². The van der Waals surface area contributed by atoms with Crippen LogP contribution in [0.2, 0.25) is 0 Å². The number of primary sulfonamides is 1. The molecular weight excluding hydrogens is 248 g/mol. The summed E-state index contributed by atoms with van der Waals surface area (Å²) in [5, 5.41) is 12.1. The zero-order chi connectivity index (χ0) is 9.35. The largest absolute Gasteiger partial charge is 0.250 e. The molecule has 0 aliphatic heterocycles. The smallest absolute Gasteiger partial charge is 0.214 e. The van der Waals surface area contributed by atoms with Crippen molar-refractivity contribution < 1.29 is 8.42 Å². The summed E-state index contributed by atoms with van der Waals surface area (Å²) in [6.07, 6.45) is 0. The molecule has 68 valence electrons. The molecule has 0 unspecified atom stereocenters. The molecule has 1 rings (SSSR count). The van der Waals surface area contributed by atoms with Crippen LogP contribution in [0.4, 0.5) is 0 Å². The molecule has 1 aromatic heterocycles. The summed E-state index contributed by atoms with van der Waals surface area (Å²) in [4.78, 5) is 0. The van der Waals surface area contributed by atoms with Crippen molar-refractivity contribution in [1.29, 1.82) is 0 Å². The normalized spacial score (nSPS) is 11.9. The Hall–Kier alpha value is -0.470. The number of rotatable bonds is 2. The highest BCUT2D eigenvalue weighted by molar-refractivity contribution is 9.10. The first-order valence-corrected chi connectivity index (χ1v) is 5.45. The third kappa shape index (κ3) is 2.26. The van der Waals surface area contributed by atoms with E-state index in [0.717, 1.165) is 0 Å². The van der Waals surface area contributed by atoms with E-state index in [1.165, 1.54) is 4.68 Å². The van der Waals surface area contributed by atoms with Gasteiger partial charge in [-0.05, 0) is 15.9 Å². The van der Waals surface area contributed by atoms with Gasteiger partial charge in [-0.15, -0.1) is 5.10 Å². The molecule has 2 N–H and O–H groups in total. The molecule has 0 amide bonds. The van der Waals surface area contributed by atoms with E-state index in [1.807, 2.05) is 0 Å². The molecule has 0 saturated carbocycles. The van der Waals surface area contributed by atoms with Crippen LogP contribution in [-0.4, -0.2) is 23.4 Å². The van der Waals surface area contributed by atoms with Crippen molar-refractivity contribution in [2.24, 2.45) is 12.2 Å². The van der Waals surface area contributed by atoms with Crippen LogP contribution in [-0.2, 0) is 22.8 Å². The molecule has 0 aromatic carbocycles. The summed E-state index contributed by atoms with van der Waals surface area (Å²) in [5.74, 6) is -0.267. The highest BCUT2D eigenvalue weighted by atomic mass is 79.9. The Morgan fingerprint density at radius 3 is 2.58 bits per heavy atom. The van der Waals surface area contributed by atoms with Crippen molar-refractivity contribution in [3.05, 3.63) is 10.3 Å². The highest BCUT2D eigenvalue weighted by Crippen LogP contribution is 2.13. The van der Waals surface area contributed by atoms with Crippen LogP contribution in [0.1, 0.15) is 5.69 Å². The van der Waals surface area contributed by atoms with Gasteiger partial charge in [0, 0.05) is 7.05 Å². The second kappa shape index (κ2) is 3.11. The molecule has 0 saturated heterocycles. The van der Waals surface area contributed by atoms with Gasteiger partial charge < -0.3 is 0 Å². The molecule has 0 aliphatic carbocycles. The Morgan fingerprint density at radius 2 is 2.25 bits per heavy atom.